The molecule has 9 rings (SSSR count). The first-order chi connectivity index (χ1) is 31.7. The molecule has 66 heavy (non-hydrogen) atoms. The normalized spacial score (nSPS) is 21.5. The number of H-pyrrole nitrogens is 1. The Morgan fingerprint density at radius 3 is 2.23 bits per heavy atom. The van der Waals surface area contributed by atoms with Gasteiger partial charge in [0.05, 0.1) is 43.0 Å². The van der Waals surface area contributed by atoms with Crippen LogP contribution < -0.4 is 16.4 Å². The molecule has 2 aliphatic carbocycles. The third-order valence-corrected chi connectivity index (χ3v) is 14.8. The molecule has 0 bridgehead atoms. The minimum absolute atomic E-state index is 0.0467. The number of imidazole rings is 1. The summed E-state index contributed by atoms with van der Waals surface area (Å²) >= 11 is 0. The lowest BCUT2D eigenvalue weighted by atomic mass is 9.86. The summed E-state index contributed by atoms with van der Waals surface area (Å²) in [6, 6.07) is 15.7. The van der Waals surface area contributed by atoms with Gasteiger partial charge in [-0.3, -0.25) is 9.59 Å². The van der Waals surface area contributed by atoms with Crippen molar-refractivity contribution in [3.8, 4) is 22.3 Å². The lowest BCUT2D eigenvalue weighted by Crippen LogP contribution is -2.45. The number of amidine groups is 1. The summed E-state index contributed by atoms with van der Waals surface area (Å²) in [7, 11) is -1.47. The van der Waals surface area contributed by atoms with Gasteiger partial charge < -0.3 is 40.6 Å². The van der Waals surface area contributed by atoms with Gasteiger partial charge in [-0.15, -0.1) is 4.40 Å². The number of likely N-dealkylation sites (tertiary alicyclic amines) is 2. The number of methoxy groups -OCH3 is 2. The van der Waals surface area contributed by atoms with Crippen LogP contribution in [-0.4, -0.2) is 97.9 Å². The quantitative estimate of drug-likeness (QED) is 0.126. The van der Waals surface area contributed by atoms with Gasteiger partial charge in [-0.2, -0.15) is 8.42 Å². The van der Waals surface area contributed by atoms with Gasteiger partial charge in [0.15, 0.2) is 0 Å². The van der Waals surface area contributed by atoms with E-state index in [4.69, 9.17) is 4.98 Å². The van der Waals surface area contributed by atoms with Gasteiger partial charge in [-0.1, -0.05) is 71.2 Å². The molecule has 17 heteroatoms. The van der Waals surface area contributed by atoms with Crippen molar-refractivity contribution in [2.24, 2.45) is 22.0 Å². The molecule has 3 aliphatic heterocycles. The first-order valence-electron chi connectivity index (χ1n) is 23.4. The second-order valence-corrected chi connectivity index (χ2v) is 19.6. The van der Waals surface area contributed by atoms with E-state index < -0.39 is 28.3 Å². The van der Waals surface area contributed by atoms with Crippen LogP contribution in [0.4, 0.5) is 15.3 Å². The molecule has 354 valence electrons. The van der Waals surface area contributed by atoms with Crippen LogP contribution >= 0.6 is 0 Å². The van der Waals surface area contributed by atoms with E-state index >= 15 is 0 Å². The van der Waals surface area contributed by atoms with Gasteiger partial charge in [0.1, 0.15) is 23.1 Å². The van der Waals surface area contributed by atoms with Crippen molar-refractivity contribution in [3.05, 3.63) is 65.5 Å². The maximum absolute atomic E-state index is 13.6. The number of primary amides is 1. The molecule has 1 aromatic heterocycles. The van der Waals surface area contributed by atoms with E-state index in [-0.39, 0.29) is 35.2 Å². The predicted octanol–water partition coefficient (Wildman–Crippen LogP) is 8.42. The van der Waals surface area contributed by atoms with Gasteiger partial charge in [0, 0.05) is 19.5 Å². The number of benzene rings is 3. The molecule has 5 N–H and O–H groups in total. The van der Waals surface area contributed by atoms with Crippen LogP contribution in [0.2, 0.25) is 0 Å². The number of alkyl carbamates (subject to hydrolysis) is 1. The Morgan fingerprint density at radius 2 is 1.53 bits per heavy atom. The molecule has 5 aliphatic rings. The number of rotatable bonds is 9. The number of aromatic nitrogens is 2. The van der Waals surface area contributed by atoms with Crippen molar-refractivity contribution in [2.45, 2.75) is 121 Å². The molecule has 4 heterocycles. The van der Waals surface area contributed by atoms with Crippen LogP contribution in [0.15, 0.2) is 57.8 Å². The first-order valence-corrected chi connectivity index (χ1v) is 24.8. The lowest BCUT2D eigenvalue weighted by molar-refractivity contribution is -0.132. The summed E-state index contributed by atoms with van der Waals surface area (Å²) < 4.78 is 40.0. The minimum Gasteiger partial charge on any atom is -0.453 e. The molecule has 2 saturated heterocycles. The number of sulfonamides is 1. The summed E-state index contributed by atoms with van der Waals surface area (Å²) in [4.78, 5) is 59.5. The van der Waals surface area contributed by atoms with E-state index in [2.05, 4.69) is 87.2 Å². The number of nitrogens with two attached hydrogens (primary N) is 1. The highest BCUT2D eigenvalue weighted by Gasteiger charge is 2.41. The lowest BCUT2D eigenvalue weighted by Gasteiger charge is -2.29. The number of nitrogens with zero attached hydrogens (tertiary/aromatic N) is 4. The number of anilines is 1. The average molecular weight is 925 g/mol. The van der Waals surface area contributed by atoms with Crippen molar-refractivity contribution < 1.29 is 37.1 Å². The molecule has 1 saturated carbocycles. The van der Waals surface area contributed by atoms with E-state index in [1.165, 1.54) is 50.2 Å². The molecule has 4 amide bonds. The average Bonchev–Trinajstić information content (AvgIpc) is 4.16. The number of hydrogen-bond acceptors (Lipinski definition) is 10. The van der Waals surface area contributed by atoms with Gasteiger partial charge in [0.2, 0.25) is 11.8 Å². The van der Waals surface area contributed by atoms with Crippen LogP contribution in [0.3, 0.4) is 0 Å². The maximum Gasteiger partial charge on any atom is 0.407 e. The number of carbonyl (C=O) groups is 4. The van der Waals surface area contributed by atoms with E-state index in [0.717, 1.165) is 72.1 Å². The molecular weight excluding hydrogens is 861 g/mol. The van der Waals surface area contributed by atoms with Crippen LogP contribution in [0, 0.1) is 11.8 Å². The number of nitrogens with one attached hydrogen (secondary N) is 3. The van der Waals surface area contributed by atoms with Crippen molar-refractivity contribution in [2.75, 3.05) is 39.2 Å². The second kappa shape index (κ2) is 20.7. The fourth-order valence-corrected chi connectivity index (χ4v) is 11.3. The number of fused-ring (bicyclic) bond motifs is 5. The van der Waals surface area contributed by atoms with Crippen molar-refractivity contribution in [1.82, 2.24) is 25.1 Å². The molecule has 3 fully saturated rings. The minimum atomic E-state index is -3.97. The summed E-state index contributed by atoms with van der Waals surface area (Å²) in [5.74, 6) is 2.21. The number of aromatic amines is 1. The third kappa shape index (κ3) is 10.1. The maximum atomic E-state index is 13.6. The Labute approximate surface area is 387 Å². The zero-order valence-corrected chi connectivity index (χ0v) is 39.8. The topological polar surface area (TPSA) is 218 Å². The van der Waals surface area contributed by atoms with E-state index in [0.29, 0.717) is 49.3 Å². The molecule has 0 spiro atoms. The Hall–Kier alpha value is -5.97. The number of amides is 4. The fraction of sp³-hybridized carbons (Fsp3) is 0.510. The molecule has 3 unspecified atom stereocenters. The number of hydrogen-bond donors (Lipinski definition) is 4. The highest BCUT2D eigenvalue weighted by atomic mass is 32.2. The molecule has 16 nitrogen and oxygen atoms in total. The Morgan fingerprint density at radius 1 is 0.864 bits per heavy atom. The van der Waals surface area contributed by atoms with Crippen molar-refractivity contribution >= 4 is 56.6 Å². The molecular formula is C49H64N8O8S. The Kier molecular flexibility index (Phi) is 15.0. The van der Waals surface area contributed by atoms with Crippen LogP contribution in [0.25, 0.3) is 33.3 Å². The van der Waals surface area contributed by atoms with E-state index in [1.54, 1.807) is 11.0 Å². The smallest absolute Gasteiger partial charge is 0.407 e. The molecule has 4 aromatic rings. The fourth-order valence-electron chi connectivity index (χ4n) is 10.2. The first kappa shape index (κ1) is 48.0. The molecule has 5 atom stereocenters. The second-order valence-electron chi connectivity index (χ2n) is 18.0. The van der Waals surface area contributed by atoms with Gasteiger partial charge >= 0.3 is 12.2 Å². The van der Waals surface area contributed by atoms with Crippen molar-refractivity contribution in [3.63, 3.8) is 0 Å². The number of carbonyl (C=O) groups excluding carboxylic acids is 4. The summed E-state index contributed by atoms with van der Waals surface area (Å²) in [5, 5.41) is 5.88. The standard InChI is InChI=1S/C44H51N7O6S.C3H8.C2H5NO2/c1-4-25(2)20-39(52)50-18-7-11-37(50)43-48-35-23-27(13-17-38(35)58(55,56)49-43)29-14-15-31(41-30-9-5-8-26(30)21-32(29)41)28-12-16-33-34(22-28)47-42(46-33)36-10-6-19-51(36)40(53)24-45-44(54)57-3;1-3-2;1-5-2(3)4/h12-17,22-23,25-26,30,36-37H,4-11,18-21,24H2,1-3H3,(H,45,54)(H,46,47)(H,48,49);3H2,1-2H3;1H3,(H2,3,4)/t25?,26?,30?,36-,37-;;/m0../s1. The van der Waals surface area contributed by atoms with Crippen molar-refractivity contribution in [1.29, 1.82) is 0 Å². The predicted molar refractivity (Wildman–Crippen MR) is 254 cm³/mol. The highest BCUT2D eigenvalue weighted by molar-refractivity contribution is 7.90. The monoisotopic (exact) mass is 924 g/mol. The number of ether oxygens (including phenoxy) is 2. The van der Waals surface area contributed by atoms with Crippen LogP contribution in [0.5, 0.6) is 0 Å². The Bertz CT molecular complexity index is 2610. The van der Waals surface area contributed by atoms with Gasteiger partial charge in [0.25, 0.3) is 10.0 Å². The van der Waals surface area contributed by atoms with E-state index in [9.17, 15) is 27.6 Å². The molecule has 3 aromatic carbocycles. The summed E-state index contributed by atoms with van der Waals surface area (Å²) in [6.07, 6.45) is 8.81. The third-order valence-electron chi connectivity index (χ3n) is 13.5. The summed E-state index contributed by atoms with van der Waals surface area (Å²) in [6.45, 7) is 9.46. The largest absolute Gasteiger partial charge is 0.453 e. The highest BCUT2D eigenvalue weighted by Crippen LogP contribution is 2.54. The van der Waals surface area contributed by atoms with Crippen LogP contribution in [0.1, 0.15) is 121 Å². The zero-order chi connectivity index (χ0) is 47.3. The van der Waals surface area contributed by atoms with Gasteiger partial charge in [-0.25, -0.2) is 14.6 Å². The van der Waals surface area contributed by atoms with Gasteiger partial charge in [-0.05, 0) is 120 Å². The SMILES string of the molecule is CCC.CCC(C)CC(=O)N1CCC[C@H]1C1=NS(=O)(=O)c2ccc(-c3ccc(-c4ccc5nc([C@@H]6CCCN6C(=O)CNC(=O)OC)[nH]c5c4)c4c3CC3CCCC43)cc2N1.COC(N)=O. The van der Waals surface area contributed by atoms with Crippen LogP contribution in [-0.2, 0) is 35.5 Å². The molecule has 0 radical (unpaired) electrons. The van der Waals surface area contributed by atoms with E-state index in [1.807, 2.05) is 23.1 Å². The summed E-state index contributed by atoms with van der Waals surface area (Å²) in [5.41, 5.74) is 13.7. The zero-order valence-electron chi connectivity index (χ0n) is 38.9. The Balaban J connectivity index is 0.000000751.